The second kappa shape index (κ2) is 8.33. The molecular formula is C17H16Cl2N2O2S. The van der Waals surface area contributed by atoms with Crippen molar-refractivity contribution in [1.29, 1.82) is 0 Å². The highest BCUT2D eigenvalue weighted by Crippen LogP contribution is 2.25. The molecule has 24 heavy (non-hydrogen) atoms. The van der Waals surface area contributed by atoms with Gasteiger partial charge in [-0.1, -0.05) is 29.3 Å². The number of ether oxygens (including phenoxy) is 1. The maximum absolute atomic E-state index is 12.3. The molecule has 1 amide bonds. The minimum absolute atomic E-state index is 0.0260. The summed E-state index contributed by atoms with van der Waals surface area (Å²) in [5, 5.41) is 6.53. The molecular weight excluding hydrogens is 367 g/mol. The smallest absolute Gasteiger partial charge is 0.257 e. The topological polar surface area (TPSA) is 50.4 Å². The molecule has 2 aromatic carbocycles. The van der Waals surface area contributed by atoms with Gasteiger partial charge in [0, 0.05) is 10.6 Å². The Morgan fingerprint density at radius 1 is 1.17 bits per heavy atom. The first kappa shape index (κ1) is 18.5. The number of anilines is 1. The van der Waals surface area contributed by atoms with Gasteiger partial charge in [-0.3, -0.25) is 10.1 Å². The molecule has 2 N–H and O–H groups in total. The van der Waals surface area contributed by atoms with Crippen molar-refractivity contribution in [2.45, 2.75) is 20.0 Å². The number of amides is 1. The van der Waals surface area contributed by atoms with E-state index in [-0.39, 0.29) is 17.1 Å². The van der Waals surface area contributed by atoms with Gasteiger partial charge in [0.05, 0.1) is 16.8 Å². The summed E-state index contributed by atoms with van der Waals surface area (Å²) in [5.74, 6) is 0.282. The molecule has 0 fully saturated rings. The first-order valence-electron chi connectivity index (χ1n) is 7.19. The van der Waals surface area contributed by atoms with Crippen LogP contribution in [0.2, 0.25) is 10.0 Å². The quantitative estimate of drug-likeness (QED) is 0.737. The van der Waals surface area contributed by atoms with Gasteiger partial charge >= 0.3 is 0 Å². The van der Waals surface area contributed by atoms with Crippen molar-refractivity contribution in [3.63, 3.8) is 0 Å². The zero-order valence-electron chi connectivity index (χ0n) is 13.1. The highest BCUT2D eigenvalue weighted by Gasteiger charge is 2.11. The Hall–Kier alpha value is -1.82. The molecule has 4 nitrogen and oxygen atoms in total. The molecule has 0 radical (unpaired) electrons. The maximum atomic E-state index is 12.3. The molecule has 0 bridgehead atoms. The second-order valence-electron chi connectivity index (χ2n) is 5.23. The Kier molecular flexibility index (Phi) is 6.43. The van der Waals surface area contributed by atoms with Crippen molar-refractivity contribution in [3.8, 4) is 5.75 Å². The lowest BCUT2D eigenvalue weighted by Crippen LogP contribution is -2.34. The summed E-state index contributed by atoms with van der Waals surface area (Å²) in [7, 11) is 0. The summed E-state index contributed by atoms with van der Waals surface area (Å²) in [6.07, 6.45) is 0.0260. The third-order valence-corrected chi connectivity index (χ3v) is 3.63. The van der Waals surface area contributed by atoms with E-state index in [2.05, 4.69) is 10.6 Å². The number of nitrogens with one attached hydrogen (secondary N) is 2. The SMILES string of the molecule is CC(C)Oc1cccc(C(=O)NC(=S)Nc2ccc(Cl)cc2Cl)c1. The molecule has 2 aromatic rings. The normalized spacial score (nSPS) is 10.4. The highest BCUT2D eigenvalue weighted by molar-refractivity contribution is 7.80. The van der Waals surface area contributed by atoms with Crippen LogP contribution < -0.4 is 15.4 Å². The average molecular weight is 383 g/mol. The number of halogens is 2. The standard InChI is InChI=1S/C17H16Cl2N2O2S/c1-10(2)23-13-5-3-4-11(8-13)16(22)21-17(24)20-15-7-6-12(18)9-14(15)19/h3-10H,1-2H3,(H2,20,21,22,24). The van der Waals surface area contributed by atoms with Gasteiger partial charge in [-0.05, 0) is 62.5 Å². The summed E-state index contributed by atoms with van der Waals surface area (Å²) in [5.41, 5.74) is 1.00. The van der Waals surface area contributed by atoms with Crippen LogP contribution in [0, 0.1) is 0 Å². The van der Waals surface area contributed by atoms with Crippen LogP contribution in [0.1, 0.15) is 24.2 Å². The number of hydrogen-bond donors (Lipinski definition) is 2. The zero-order valence-corrected chi connectivity index (χ0v) is 15.4. The van der Waals surface area contributed by atoms with Crippen LogP contribution in [0.25, 0.3) is 0 Å². The Labute approximate surface area is 156 Å². The fourth-order valence-corrected chi connectivity index (χ4v) is 2.56. The van der Waals surface area contributed by atoms with Gasteiger partial charge in [0.2, 0.25) is 0 Å². The molecule has 0 aromatic heterocycles. The molecule has 0 heterocycles. The van der Waals surface area contributed by atoms with Gasteiger partial charge in [0.25, 0.3) is 5.91 Å². The third kappa shape index (κ3) is 5.37. The summed E-state index contributed by atoms with van der Waals surface area (Å²) in [6, 6.07) is 11.8. The van der Waals surface area contributed by atoms with Gasteiger partial charge in [0.15, 0.2) is 5.11 Å². The number of carbonyl (C=O) groups is 1. The van der Waals surface area contributed by atoms with Crippen molar-refractivity contribution in [2.75, 3.05) is 5.32 Å². The van der Waals surface area contributed by atoms with E-state index in [1.807, 2.05) is 13.8 Å². The van der Waals surface area contributed by atoms with Crippen LogP contribution in [0.5, 0.6) is 5.75 Å². The molecule has 0 atom stereocenters. The predicted molar refractivity (Wildman–Crippen MR) is 102 cm³/mol. The Morgan fingerprint density at radius 2 is 1.92 bits per heavy atom. The maximum Gasteiger partial charge on any atom is 0.257 e. The molecule has 2 rings (SSSR count). The first-order chi connectivity index (χ1) is 11.3. The van der Waals surface area contributed by atoms with Crippen LogP contribution in [0.15, 0.2) is 42.5 Å². The Bertz CT molecular complexity index is 766. The van der Waals surface area contributed by atoms with E-state index in [1.165, 1.54) is 0 Å². The van der Waals surface area contributed by atoms with Gasteiger partial charge in [-0.2, -0.15) is 0 Å². The highest BCUT2D eigenvalue weighted by atomic mass is 35.5. The number of thiocarbonyl (C=S) groups is 1. The van der Waals surface area contributed by atoms with Crippen molar-refractivity contribution in [2.24, 2.45) is 0 Å². The van der Waals surface area contributed by atoms with Gasteiger partial charge < -0.3 is 10.1 Å². The van der Waals surface area contributed by atoms with Gasteiger partial charge in [-0.25, -0.2) is 0 Å². The molecule has 126 valence electrons. The van der Waals surface area contributed by atoms with Crippen LogP contribution in [0.4, 0.5) is 5.69 Å². The van der Waals surface area contributed by atoms with Crippen LogP contribution in [0.3, 0.4) is 0 Å². The van der Waals surface area contributed by atoms with E-state index >= 15 is 0 Å². The average Bonchev–Trinajstić information content (AvgIpc) is 2.49. The summed E-state index contributed by atoms with van der Waals surface area (Å²) >= 11 is 17.0. The molecule has 0 aliphatic heterocycles. The minimum atomic E-state index is -0.341. The van der Waals surface area contributed by atoms with Crippen molar-refractivity contribution in [1.82, 2.24) is 5.32 Å². The number of benzene rings is 2. The molecule has 0 saturated heterocycles. The molecule has 0 saturated carbocycles. The van der Waals surface area contributed by atoms with E-state index in [4.69, 9.17) is 40.2 Å². The van der Waals surface area contributed by atoms with Crippen LogP contribution in [-0.2, 0) is 0 Å². The van der Waals surface area contributed by atoms with Crippen molar-refractivity contribution < 1.29 is 9.53 Å². The summed E-state index contributed by atoms with van der Waals surface area (Å²) in [6.45, 7) is 3.84. The fraction of sp³-hybridized carbons (Fsp3) is 0.176. The number of hydrogen-bond acceptors (Lipinski definition) is 3. The van der Waals surface area contributed by atoms with E-state index in [9.17, 15) is 4.79 Å². The lowest BCUT2D eigenvalue weighted by molar-refractivity contribution is 0.0977. The molecule has 0 aliphatic carbocycles. The second-order valence-corrected chi connectivity index (χ2v) is 6.48. The van der Waals surface area contributed by atoms with E-state index in [1.54, 1.807) is 42.5 Å². The molecule has 0 aliphatic rings. The zero-order chi connectivity index (χ0) is 17.7. The number of rotatable bonds is 4. The van der Waals surface area contributed by atoms with E-state index in [0.29, 0.717) is 27.0 Å². The predicted octanol–water partition coefficient (Wildman–Crippen LogP) is 4.91. The van der Waals surface area contributed by atoms with Crippen molar-refractivity contribution >= 4 is 52.1 Å². The van der Waals surface area contributed by atoms with Crippen molar-refractivity contribution in [3.05, 3.63) is 58.1 Å². The van der Waals surface area contributed by atoms with E-state index in [0.717, 1.165) is 0 Å². The first-order valence-corrected chi connectivity index (χ1v) is 8.35. The Morgan fingerprint density at radius 3 is 2.58 bits per heavy atom. The molecule has 0 unspecified atom stereocenters. The lowest BCUT2D eigenvalue weighted by atomic mass is 10.2. The number of carbonyl (C=O) groups excluding carboxylic acids is 1. The minimum Gasteiger partial charge on any atom is -0.491 e. The summed E-state index contributed by atoms with van der Waals surface area (Å²) in [4.78, 5) is 12.3. The van der Waals surface area contributed by atoms with E-state index < -0.39 is 0 Å². The monoisotopic (exact) mass is 382 g/mol. The third-order valence-electron chi connectivity index (χ3n) is 2.87. The lowest BCUT2D eigenvalue weighted by Gasteiger charge is -2.13. The van der Waals surface area contributed by atoms with Gasteiger partial charge in [-0.15, -0.1) is 0 Å². The molecule has 7 heteroatoms. The van der Waals surface area contributed by atoms with Crippen LogP contribution >= 0.6 is 35.4 Å². The molecule has 0 spiro atoms. The largest absolute Gasteiger partial charge is 0.491 e. The fourth-order valence-electron chi connectivity index (χ4n) is 1.90. The van der Waals surface area contributed by atoms with Crippen LogP contribution in [-0.4, -0.2) is 17.1 Å². The Balaban J connectivity index is 2.02. The summed E-state index contributed by atoms with van der Waals surface area (Å²) < 4.78 is 5.57. The van der Waals surface area contributed by atoms with Gasteiger partial charge in [0.1, 0.15) is 5.75 Å².